The number of fused-ring (bicyclic) bond motifs is 1. The number of aryl methyl sites for hydroxylation is 1. The molecule has 0 atom stereocenters. The summed E-state index contributed by atoms with van der Waals surface area (Å²) in [6.07, 6.45) is 3.95. The average Bonchev–Trinajstić information content (AvgIpc) is 3.33. The molecule has 41 heavy (non-hydrogen) atoms. The number of furan rings is 1. The molecular weight excluding hydrogens is 526 g/mol. The highest BCUT2D eigenvalue weighted by Gasteiger charge is 2.32. The predicted molar refractivity (Wildman–Crippen MR) is 155 cm³/mol. The Kier molecular flexibility index (Phi) is 9.38. The zero-order valence-corrected chi connectivity index (χ0v) is 24.2. The Labute approximate surface area is 239 Å². The lowest BCUT2D eigenvalue weighted by Crippen LogP contribution is -2.35. The van der Waals surface area contributed by atoms with Crippen molar-refractivity contribution >= 4 is 46.1 Å². The van der Waals surface area contributed by atoms with Gasteiger partial charge in [-0.05, 0) is 62.4 Å². The van der Waals surface area contributed by atoms with Crippen LogP contribution in [-0.4, -0.2) is 79.8 Å². The number of benzene rings is 1. The number of hydrogen-bond donors (Lipinski definition) is 2. The van der Waals surface area contributed by atoms with Gasteiger partial charge in [0.2, 0.25) is 17.6 Å². The van der Waals surface area contributed by atoms with E-state index in [1.54, 1.807) is 63.6 Å². The number of carbonyl (C=O) groups is 4. The molecule has 1 aliphatic rings. The van der Waals surface area contributed by atoms with Gasteiger partial charge in [0.05, 0.1) is 6.61 Å². The first kappa shape index (κ1) is 29.7. The largest absolute Gasteiger partial charge is 0.449 e. The Hall–Kier alpha value is -4.25. The summed E-state index contributed by atoms with van der Waals surface area (Å²) in [5.74, 6) is -1.20. The van der Waals surface area contributed by atoms with Crippen LogP contribution in [0.5, 0.6) is 0 Å². The summed E-state index contributed by atoms with van der Waals surface area (Å²) in [7, 11) is 6.71. The topological polar surface area (TPSA) is 134 Å². The second kappa shape index (κ2) is 12.9. The fourth-order valence-electron chi connectivity index (χ4n) is 4.97. The highest BCUT2D eigenvalue weighted by atomic mass is 16.5. The van der Waals surface area contributed by atoms with Crippen LogP contribution in [0.1, 0.15) is 52.2 Å². The number of methoxy groups -OCH3 is 1. The molecular formula is C30H37N5O6. The van der Waals surface area contributed by atoms with Gasteiger partial charge in [0, 0.05) is 63.8 Å². The van der Waals surface area contributed by atoms with E-state index in [0.717, 1.165) is 5.56 Å². The van der Waals surface area contributed by atoms with Gasteiger partial charge in [-0.15, -0.1) is 0 Å². The smallest absolute Gasteiger partial charge is 0.294 e. The highest BCUT2D eigenvalue weighted by Crippen LogP contribution is 2.35. The Morgan fingerprint density at radius 1 is 1.00 bits per heavy atom. The summed E-state index contributed by atoms with van der Waals surface area (Å²) in [5, 5.41) is 6.08. The minimum atomic E-state index is -0.585. The Bertz CT molecular complexity index is 1420. The van der Waals surface area contributed by atoms with Gasteiger partial charge in [-0.3, -0.25) is 19.2 Å². The van der Waals surface area contributed by atoms with Gasteiger partial charge < -0.3 is 29.6 Å². The zero-order valence-electron chi connectivity index (χ0n) is 24.2. The number of hydrogen-bond acceptors (Lipinski definition) is 7. The molecule has 0 aliphatic heterocycles. The number of pyridine rings is 1. The minimum absolute atomic E-state index is 0.0704. The molecule has 3 aromatic rings. The van der Waals surface area contributed by atoms with Crippen molar-refractivity contribution in [1.29, 1.82) is 0 Å². The molecule has 0 unspecified atom stereocenters. The molecule has 218 valence electrons. The van der Waals surface area contributed by atoms with E-state index in [0.29, 0.717) is 61.2 Å². The van der Waals surface area contributed by atoms with Gasteiger partial charge in [0.1, 0.15) is 17.1 Å². The molecule has 2 heterocycles. The number of nitrogens with zero attached hydrogens (tertiary/aromatic N) is 3. The Morgan fingerprint density at radius 2 is 1.71 bits per heavy atom. The number of nitrogens with one attached hydrogen (secondary N) is 2. The van der Waals surface area contributed by atoms with Crippen LogP contribution in [0.15, 0.2) is 40.9 Å². The van der Waals surface area contributed by atoms with Crippen molar-refractivity contribution in [2.45, 2.75) is 32.6 Å². The molecule has 11 nitrogen and oxygen atoms in total. The molecule has 1 saturated carbocycles. The number of amides is 4. The summed E-state index contributed by atoms with van der Waals surface area (Å²) < 4.78 is 11.0. The van der Waals surface area contributed by atoms with E-state index in [4.69, 9.17) is 9.15 Å². The standard InChI is InChI=1S/C30H37N5O6/c1-18-6-13-24(31-17-18)32-28(37)26-25(33-27(36)19-7-9-20(10-8-19)29(38)34(2)3)22-16-21(11-12-23(22)41-26)30(39)35(4)14-15-40-5/h6,11-13,16-17,19-20H,7-10,14-15H2,1-5H3,(H,33,36)(H,31,32,37)/t19-,20-. The van der Waals surface area contributed by atoms with E-state index in [-0.39, 0.29) is 41.0 Å². The number of rotatable bonds is 9. The van der Waals surface area contributed by atoms with Crippen LogP contribution in [0.2, 0.25) is 0 Å². The van der Waals surface area contributed by atoms with E-state index in [2.05, 4.69) is 15.6 Å². The maximum absolute atomic E-state index is 13.5. The van der Waals surface area contributed by atoms with Crippen molar-refractivity contribution in [3.8, 4) is 0 Å². The van der Waals surface area contributed by atoms with Crippen LogP contribution in [0, 0.1) is 18.8 Å². The van der Waals surface area contributed by atoms with Crippen molar-refractivity contribution in [3.05, 3.63) is 53.4 Å². The Balaban J connectivity index is 1.63. The maximum atomic E-state index is 13.5. The van der Waals surface area contributed by atoms with Crippen molar-refractivity contribution in [2.24, 2.45) is 11.8 Å². The van der Waals surface area contributed by atoms with Crippen molar-refractivity contribution in [2.75, 3.05) is 52.0 Å². The molecule has 1 fully saturated rings. The molecule has 0 bridgehead atoms. The summed E-state index contributed by atoms with van der Waals surface area (Å²) in [6.45, 7) is 2.68. The summed E-state index contributed by atoms with van der Waals surface area (Å²) in [4.78, 5) is 59.6. The second-order valence-corrected chi connectivity index (χ2v) is 10.7. The van der Waals surface area contributed by atoms with Gasteiger partial charge in [0.15, 0.2) is 0 Å². The van der Waals surface area contributed by atoms with Crippen LogP contribution in [-0.2, 0) is 14.3 Å². The van der Waals surface area contributed by atoms with Crippen LogP contribution < -0.4 is 10.6 Å². The van der Waals surface area contributed by atoms with Crippen LogP contribution in [0.3, 0.4) is 0 Å². The number of carbonyl (C=O) groups excluding carboxylic acids is 4. The monoisotopic (exact) mass is 563 g/mol. The van der Waals surface area contributed by atoms with Gasteiger partial charge in [-0.2, -0.15) is 0 Å². The lowest BCUT2D eigenvalue weighted by Gasteiger charge is -2.28. The number of aromatic nitrogens is 1. The van der Waals surface area contributed by atoms with E-state index < -0.39 is 5.91 Å². The minimum Gasteiger partial charge on any atom is -0.449 e. The van der Waals surface area contributed by atoms with Gasteiger partial charge in [0.25, 0.3) is 11.8 Å². The van der Waals surface area contributed by atoms with Gasteiger partial charge >= 0.3 is 0 Å². The summed E-state index contributed by atoms with van der Waals surface area (Å²) >= 11 is 0. The van der Waals surface area contributed by atoms with E-state index in [1.807, 2.05) is 13.0 Å². The van der Waals surface area contributed by atoms with Gasteiger partial charge in [-0.25, -0.2) is 4.98 Å². The maximum Gasteiger partial charge on any atom is 0.294 e. The molecule has 11 heteroatoms. The lowest BCUT2D eigenvalue weighted by molar-refractivity contribution is -0.135. The van der Waals surface area contributed by atoms with E-state index >= 15 is 0 Å². The zero-order chi connectivity index (χ0) is 29.7. The molecule has 4 amide bonds. The first-order valence-electron chi connectivity index (χ1n) is 13.7. The third-order valence-electron chi connectivity index (χ3n) is 7.41. The molecule has 2 N–H and O–H groups in total. The summed E-state index contributed by atoms with van der Waals surface area (Å²) in [6, 6.07) is 8.35. The average molecular weight is 564 g/mol. The highest BCUT2D eigenvalue weighted by molar-refractivity contribution is 6.15. The van der Waals surface area contributed by atoms with Crippen molar-refractivity contribution < 1.29 is 28.3 Å². The number of likely N-dealkylation sites (N-methyl/N-ethyl adjacent to an activating group) is 1. The van der Waals surface area contributed by atoms with Crippen molar-refractivity contribution in [3.63, 3.8) is 0 Å². The second-order valence-electron chi connectivity index (χ2n) is 10.7. The first-order chi connectivity index (χ1) is 19.6. The molecule has 0 saturated heterocycles. The fraction of sp³-hybridized carbons (Fsp3) is 0.433. The lowest BCUT2D eigenvalue weighted by atomic mass is 9.81. The van der Waals surface area contributed by atoms with Gasteiger partial charge in [-0.1, -0.05) is 6.07 Å². The van der Waals surface area contributed by atoms with Crippen LogP contribution in [0.4, 0.5) is 11.5 Å². The number of anilines is 2. The van der Waals surface area contributed by atoms with Crippen molar-refractivity contribution in [1.82, 2.24) is 14.8 Å². The van der Waals surface area contributed by atoms with Crippen LogP contribution >= 0.6 is 0 Å². The van der Waals surface area contributed by atoms with E-state index in [9.17, 15) is 19.2 Å². The SMILES string of the molecule is COCCN(C)C(=O)c1ccc2oc(C(=O)Nc3ccc(C)cn3)c(NC(=O)[C@H]3CC[C@H](C(=O)N(C)C)CC3)c2c1. The fourth-order valence-corrected chi connectivity index (χ4v) is 4.97. The summed E-state index contributed by atoms with van der Waals surface area (Å²) in [5.41, 5.74) is 1.85. The molecule has 1 aliphatic carbocycles. The molecule has 4 rings (SSSR count). The molecule has 2 aromatic heterocycles. The van der Waals surface area contributed by atoms with E-state index in [1.165, 1.54) is 4.90 Å². The third-order valence-corrected chi connectivity index (χ3v) is 7.41. The molecule has 1 aromatic carbocycles. The predicted octanol–water partition coefficient (Wildman–Crippen LogP) is 3.94. The Morgan fingerprint density at radius 3 is 2.34 bits per heavy atom. The quantitative estimate of drug-likeness (QED) is 0.403. The third kappa shape index (κ3) is 6.91. The molecule has 0 radical (unpaired) electrons. The normalized spacial score (nSPS) is 16.7. The van der Waals surface area contributed by atoms with Crippen LogP contribution in [0.25, 0.3) is 11.0 Å². The first-order valence-corrected chi connectivity index (χ1v) is 13.7. The molecule has 0 spiro atoms. The number of ether oxygens (including phenoxy) is 1.